The molecule has 1 amide bonds. The highest BCUT2D eigenvalue weighted by molar-refractivity contribution is 5.67. The molecule has 0 saturated carbocycles. The Morgan fingerprint density at radius 1 is 1.05 bits per heavy atom. The number of hydrogen-bond donors (Lipinski definition) is 1. The van der Waals surface area contributed by atoms with Gasteiger partial charge in [0, 0.05) is 27.9 Å². The number of nitrogens with one attached hydrogen (secondary N) is 1. The smallest absolute Gasteiger partial charge is 0.407 e. The van der Waals surface area contributed by atoms with Crippen molar-refractivity contribution in [1.29, 1.82) is 0 Å². The number of carbonyl (C=O) groups is 1. The Hall–Kier alpha value is -0.890. The van der Waals surface area contributed by atoms with E-state index < -0.39 is 11.7 Å². The van der Waals surface area contributed by atoms with E-state index >= 15 is 0 Å². The molecule has 1 N–H and O–H groups in total. The fourth-order valence-electron chi connectivity index (χ4n) is 2.64. The van der Waals surface area contributed by atoms with Crippen LogP contribution in [0.25, 0.3) is 0 Å². The third-order valence-corrected chi connectivity index (χ3v) is 3.53. The van der Waals surface area contributed by atoms with Crippen LogP contribution in [0, 0.1) is 0 Å². The summed E-state index contributed by atoms with van der Waals surface area (Å²) in [4.78, 5) is 11.8. The first kappa shape index (κ1) is 19.2. The summed E-state index contributed by atoms with van der Waals surface area (Å²) in [7, 11) is 4.81. The number of rotatable bonds is 5. The molecule has 0 spiro atoms. The molecule has 1 aliphatic heterocycles. The SMILES string of the molecule is CO[C@H]1[C@H](OC)[C@@H](C)O[C@H](CNC(=O)OC(C)(C)C)[C@H]1OC. The monoisotopic (exact) mass is 319 g/mol. The van der Waals surface area contributed by atoms with Gasteiger partial charge in [-0.05, 0) is 27.7 Å². The van der Waals surface area contributed by atoms with Crippen LogP contribution in [0.5, 0.6) is 0 Å². The van der Waals surface area contributed by atoms with E-state index in [1.807, 2.05) is 27.7 Å². The van der Waals surface area contributed by atoms with Crippen molar-refractivity contribution in [2.75, 3.05) is 27.9 Å². The summed E-state index contributed by atoms with van der Waals surface area (Å²) in [6, 6.07) is 0. The molecule has 0 radical (unpaired) electrons. The molecule has 1 heterocycles. The lowest BCUT2D eigenvalue weighted by Crippen LogP contribution is -2.61. The first-order chi connectivity index (χ1) is 10.2. The third-order valence-electron chi connectivity index (χ3n) is 3.53. The molecule has 0 unspecified atom stereocenters. The van der Waals surface area contributed by atoms with Crippen LogP contribution in [0.1, 0.15) is 27.7 Å². The quantitative estimate of drug-likeness (QED) is 0.824. The van der Waals surface area contributed by atoms with E-state index in [0.717, 1.165) is 0 Å². The molecule has 0 bridgehead atoms. The highest BCUT2D eigenvalue weighted by Crippen LogP contribution is 2.26. The lowest BCUT2D eigenvalue weighted by molar-refractivity contribution is -0.236. The van der Waals surface area contributed by atoms with Crippen LogP contribution in [-0.2, 0) is 23.7 Å². The van der Waals surface area contributed by atoms with E-state index in [1.165, 1.54) is 0 Å². The van der Waals surface area contributed by atoms with Gasteiger partial charge in [0.1, 0.15) is 30.0 Å². The van der Waals surface area contributed by atoms with Crippen molar-refractivity contribution in [2.24, 2.45) is 0 Å². The molecule has 0 aliphatic carbocycles. The molecular formula is C15H29NO6. The molecule has 7 nitrogen and oxygen atoms in total. The van der Waals surface area contributed by atoms with Crippen LogP contribution in [0.15, 0.2) is 0 Å². The topological polar surface area (TPSA) is 75.2 Å². The van der Waals surface area contributed by atoms with Crippen molar-refractivity contribution in [3.63, 3.8) is 0 Å². The molecule has 130 valence electrons. The zero-order chi connectivity index (χ0) is 16.9. The maximum absolute atomic E-state index is 11.8. The van der Waals surface area contributed by atoms with E-state index in [2.05, 4.69) is 5.32 Å². The Bertz CT molecular complexity index is 356. The van der Waals surface area contributed by atoms with Gasteiger partial charge in [-0.2, -0.15) is 0 Å². The van der Waals surface area contributed by atoms with Gasteiger partial charge in [0.15, 0.2) is 0 Å². The van der Waals surface area contributed by atoms with Crippen LogP contribution in [0.4, 0.5) is 4.79 Å². The van der Waals surface area contributed by atoms with Crippen LogP contribution in [-0.4, -0.2) is 70.1 Å². The molecule has 0 aromatic rings. The zero-order valence-corrected chi connectivity index (χ0v) is 14.5. The Morgan fingerprint density at radius 3 is 2.05 bits per heavy atom. The summed E-state index contributed by atoms with van der Waals surface area (Å²) in [5, 5.41) is 2.71. The van der Waals surface area contributed by atoms with Crippen molar-refractivity contribution in [1.82, 2.24) is 5.32 Å². The van der Waals surface area contributed by atoms with Crippen LogP contribution >= 0.6 is 0 Å². The molecule has 1 aliphatic rings. The molecule has 0 aromatic heterocycles. The van der Waals surface area contributed by atoms with Gasteiger partial charge in [0.25, 0.3) is 0 Å². The molecule has 1 saturated heterocycles. The summed E-state index contributed by atoms with van der Waals surface area (Å²) < 4.78 is 27.6. The predicted molar refractivity (Wildman–Crippen MR) is 81.0 cm³/mol. The minimum absolute atomic E-state index is 0.174. The number of amides is 1. The number of alkyl carbamates (subject to hydrolysis) is 1. The summed E-state index contributed by atoms with van der Waals surface area (Å²) in [6.45, 7) is 7.62. The third kappa shape index (κ3) is 5.08. The Kier molecular flexibility index (Phi) is 7.05. The number of methoxy groups -OCH3 is 3. The lowest BCUT2D eigenvalue weighted by atomic mass is 9.95. The second-order valence-corrected chi connectivity index (χ2v) is 6.36. The highest BCUT2D eigenvalue weighted by atomic mass is 16.6. The van der Waals surface area contributed by atoms with Gasteiger partial charge in [-0.25, -0.2) is 4.79 Å². The van der Waals surface area contributed by atoms with Gasteiger partial charge in [-0.1, -0.05) is 0 Å². The molecule has 1 rings (SSSR count). The normalized spacial score (nSPS) is 32.6. The summed E-state index contributed by atoms with van der Waals surface area (Å²) in [6.07, 6.45) is -1.85. The van der Waals surface area contributed by atoms with E-state index in [0.29, 0.717) is 0 Å². The average Bonchev–Trinajstić information content (AvgIpc) is 2.42. The number of hydrogen-bond acceptors (Lipinski definition) is 6. The Morgan fingerprint density at radius 2 is 1.59 bits per heavy atom. The molecule has 1 fully saturated rings. The molecular weight excluding hydrogens is 290 g/mol. The van der Waals surface area contributed by atoms with Gasteiger partial charge >= 0.3 is 6.09 Å². The highest BCUT2D eigenvalue weighted by Gasteiger charge is 2.45. The van der Waals surface area contributed by atoms with Crippen LogP contribution < -0.4 is 5.32 Å². The second kappa shape index (κ2) is 8.10. The van der Waals surface area contributed by atoms with E-state index in [1.54, 1.807) is 21.3 Å². The average molecular weight is 319 g/mol. The van der Waals surface area contributed by atoms with Gasteiger partial charge in [0.2, 0.25) is 0 Å². The lowest BCUT2D eigenvalue weighted by Gasteiger charge is -2.44. The van der Waals surface area contributed by atoms with E-state index in [-0.39, 0.29) is 37.1 Å². The van der Waals surface area contributed by atoms with Crippen molar-refractivity contribution in [3.05, 3.63) is 0 Å². The predicted octanol–water partition coefficient (Wildman–Crippen LogP) is 1.34. The largest absolute Gasteiger partial charge is 0.444 e. The molecule has 7 heteroatoms. The van der Waals surface area contributed by atoms with Crippen molar-refractivity contribution >= 4 is 6.09 Å². The van der Waals surface area contributed by atoms with E-state index in [9.17, 15) is 4.79 Å². The first-order valence-corrected chi connectivity index (χ1v) is 7.44. The molecule has 0 aromatic carbocycles. The van der Waals surface area contributed by atoms with E-state index in [4.69, 9.17) is 23.7 Å². The summed E-state index contributed by atoms with van der Waals surface area (Å²) in [5.74, 6) is 0. The molecule has 5 atom stereocenters. The summed E-state index contributed by atoms with van der Waals surface area (Å²) in [5.41, 5.74) is -0.540. The second-order valence-electron chi connectivity index (χ2n) is 6.36. The summed E-state index contributed by atoms with van der Waals surface area (Å²) >= 11 is 0. The Balaban J connectivity index is 2.67. The maximum Gasteiger partial charge on any atom is 0.407 e. The molecule has 22 heavy (non-hydrogen) atoms. The minimum atomic E-state index is -0.540. The number of carbonyl (C=O) groups excluding carboxylic acids is 1. The first-order valence-electron chi connectivity index (χ1n) is 7.44. The van der Waals surface area contributed by atoms with Crippen LogP contribution in [0.3, 0.4) is 0 Å². The standard InChI is InChI=1S/C15H29NO6/c1-9-11(18-5)13(20-7)12(19-6)10(21-9)8-16-14(17)22-15(2,3)4/h9-13H,8H2,1-7H3,(H,16,17)/t9-,10-,11-,12-,13+/m1/s1. The van der Waals surface area contributed by atoms with Crippen molar-refractivity contribution in [3.8, 4) is 0 Å². The minimum Gasteiger partial charge on any atom is -0.444 e. The zero-order valence-electron chi connectivity index (χ0n) is 14.5. The maximum atomic E-state index is 11.8. The fourth-order valence-corrected chi connectivity index (χ4v) is 2.64. The van der Waals surface area contributed by atoms with Gasteiger partial charge < -0.3 is 29.0 Å². The van der Waals surface area contributed by atoms with Crippen molar-refractivity contribution < 1.29 is 28.5 Å². The Labute approximate surface area is 132 Å². The van der Waals surface area contributed by atoms with Crippen molar-refractivity contribution in [2.45, 2.75) is 63.8 Å². The van der Waals surface area contributed by atoms with Gasteiger partial charge in [0.05, 0.1) is 6.10 Å². The number of ether oxygens (including phenoxy) is 5. The fraction of sp³-hybridized carbons (Fsp3) is 0.933. The van der Waals surface area contributed by atoms with Crippen LogP contribution in [0.2, 0.25) is 0 Å². The van der Waals surface area contributed by atoms with Gasteiger partial charge in [-0.3, -0.25) is 0 Å². The van der Waals surface area contributed by atoms with Gasteiger partial charge in [-0.15, -0.1) is 0 Å².